The van der Waals surface area contributed by atoms with Gasteiger partial charge in [-0.1, -0.05) is 90.5 Å². The summed E-state index contributed by atoms with van der Waals surface area (Å²) in [6, 6.07) is 34.2. The minimum absolute atomic E-state index is 0.0120. The summed E-state index contributed by atoms with van der Waals surface area (Å²) in [5.74, 6) is 0.0120. The van der Waals surface area contributed by atoms with Gasteiger partial charge in [-0.15, -0.1) is 0 Å². The van der Waals surface area contributed by atoms with E-state index in [4.69, 9.17) is 5.10 Å². The largest absolute Gasteiger partial charge is 0.289 e. The van der Waals surface area contributed by atoms with Crippen LogP contribution >= 0.6 is 0 Å². The van der Waals surface area contributed by atoms with Crippen molar-refractivity contribution < 1.29 is 4.79 Å². The molecule has 152 valence electrons. The van der Waals surface area contributed by atoms with E-state index in [9.17, 15) is 4.79 Å². The number of benzene rings is 4. The molecule has 0 amide bonds. The van der Waals surface area contributed by atoms with E-state index in [1.807, 2.05) is 71.2 Å². The van der Waals surface area contributed by atoms with Gasteiger partial charge in [0.2, 0.25) is 0 Å². The van der Waals surface area contributed by atoms with E-state index >= 15 is 0 Å². The lowest BCUT2D eigenvalue weighted by Gasteiger charge is -2.12. The fraction of sp³-hybridized carbons (Fsp3) is 0.0345. The Morgan fingerprint density at radius 3 is 2.22 bits per heavy atom. The third-order valence-corrected chi connectivity index (χ3v) is 6.04. The van der Waals surface area contributed by atoms with Crippen LogP contribution in [0.5, 0.6) is 0 Å². The van der Waals surface area contributed by atoms with Gasteiger partial charge in [-0.05, 0) is 30.7 Å². The average Bonchev–Trinajstić information content (AvgIpc) is 3.16. The van der Waals surface area contributed by atoms with Gasteiger partial charge >= 0.3 is 0 Å². The van der Waals surface area contributed by atoms with E-state index in [1.165, 1.54) is 0 Å². The Bertz CT molecular complexity index is 1630. The molecule has 3 heteroatoms. The molecule has 2 aromatic heterocycles. The van der Waals surface area contributed by atoms with Gasteiger partial charge in [-0.3, -0.25) is 4.79 Å². The summed E-state index contributed by atoms with van der Waals surface area (Å²) in [6.07, 6.45) is 0. The van der Waals surface area contributed by atoms with Crippen LogP contribution in [0.15, 0.2) is 103 Å². The first-order valence-corrected chi connectivity index (χ1v) is 10.7. The van der Waals surface area contributed by atoms with Crippen molar-refractivity contribution >= 4 is 33.1 Å². The monoisotopic (exact) mass is 412 g/mol. The molecule has 0 unspecified atom stereocenters. The van der Waals surface area contributed by atoms with E-state index in [1.54, 1.807) is 0 Å². The molecule has 0 N–H and O–H groups in total. The predicted molar refractivity (Wildman–Crippen MR) is 130 cm³/mol. The SMILES string of the molecule is Cc1ccc2c(c1)c(C(=O)c1ccccc1)c1c(-c3ccccc3)c3ccccc3nn12. The molecular formula is C29H20N2O. The summed E-state index contributed by atoms with van der Waals surface area (Å²) < 4.78 is 1.95. The molecule has 0 radical (unpaired) electrons. The lowest BCUT2D eigenvalue weighted by molar-refractivity contribution is 0.104. The molecule has 4 aromatic carbocycles. The number of ketones is 1. The van der Waals surface area contributed by atoms with Gasteiger partial charge < -0.3 is 0 Å². The molecule has 32 heavy (non-hydrogen) atoms. The minimum Gasteiger partial charge on any atom is -0.289 e. The molecule has 0 aliphatic carbocycles. The first-order valence-electron chi connectivity index (χ1n) is 10.7. The van der Waals surface area contributed by atoms with Gasteiger partial charge in [0.1, 0.15) is 0 Å². The Hall–Kier alpha value is -4.24. The number of rotatable bonds is 3. The summed E-state index contributed by atoms with van der Waals surface area (Å²) in [6.45, 7) is 2.06. The van der Waals surface area contributed by atoms with E-state index < -0.39 is 0 Å². The highest BCUT2D eigenvalue weighted by molar-refractivity contribution is 6.25. The fourth-order valence-electron chi connectivity index (χ4n) is 4.59. The predicted octanol–water partition coefficient (Wildman–Crippen LogP) is 6.85. The van der Waals surface area contributed by atoms with E-state index in [2.05, 4.69) is 43.3 Å². The molecule has 6 rings (SSSR count). The number of carbonyl (C=O) groups excluding carboxylic acids is 1. The number of carbonyl (C=O) groups is 1. The van der Waals surface area contributed by atoms with Gasteiger partial charge in [0.15, 0.2) is 5.78 Å². The van der Waals surface area contributed by atoms with Gasteiger partial charge in [-0.25, -0.2) is 4.52 Å². The minimum atomic E-state index is 0.0120. The summed E-state index contributed by atoms with van der Waals surface area (Å²) >= 11 is 0. The summed E-state index contributed by atoms with van der Waals surface area (Å²) in [5.41, 5.74) is 7.28. The molecule has 0 atom stereocenters. The second kappa shape index (κ2) is 7.17. The van der Waals surface area contributed by atoms with E-state index in [0.717, 1.165) is 44.0 Å². The molecule has 3 nitrogen and oxygen atoms in total. The van der Waals surface area contributed by atoms with Crippen molar-refractivity contribution in [1.82, 2.24) is 9.61 Å². The molecule has 0 saturated carbocycles. The van der Waals surface area contributed by atoms with Crippen molar-refractivity contribution in [2.75, 3.05) is 0 Å². The third-order valence-electron chi connectivity index (χ3n) is 6.04. The molecule has 0 aliphatic rings. The Morgan fingerprint density at radius 2 is 1.44 bits per heavy atom. The Morgan fingerprint density at radius 1 is 0.750 bits per heavy atom. The van der Waals surface area contributed by atoms with Gasteiger partial charge in [-0.2, -0.15) is 5.10 Å². The number of hydrogen-bond acceptors (Lipinski definition) is 2. The number of hydrogen-bond donors (Lipinski definition) is 0. The molecule has 0 bridgehead atoms. The zero-order valence-electron chi connectivity index (χ0n) is 17.6. The van der Waals surface area contributed by atoms with Crippen molar-refractivity contribution in [1.29, 1.82) is 0 Å². The van der Waals surface area contributed by atoms with Gasteiger partial charge in [0.25, 0.3) is 0 Å². The lowest BCUT2D eigenvalue weighted by atomic mass is 9.94. The van der Waals surface area contributed by atoms with Crippen molar-refractivity contribution in [3.63, 3.8) is 0 Å². The molecule has 0 aliphatic heterocycles. The van der Waals surface area contributed by atoms with Crippen molar-refractivity contribution in [2.45, 2.75) is 6.92 Å². The third kappa shape index (κ3) is 2.75. The van der Waals surface area contributed by atoms with Crippen molar-refractivity contribution in [2.24, 2.45) is 0 Å². The van der Waals surface area contributed by atoms with Gasteiger partial charge in [0.05, 0.1) is 22.1 Å². The standard InChI is InChI=1S/C29H20N2O/c1-19-16-17-25-23(18-19)27(29(32)21-12-6-3-7-13-21)28-26(20-10-4-2-5-11-20)22-14-8-9-15-24(22)30-31(25)28/h2-18H,1H3. The summed E-state index contributed by atoms with van der Waals surface area (Å²) in [4.78, 5) is 13.9. The average molecular weight is 412 g/mol. The highest BCUT2D eigenvalue weighted by atomic mass is 16.1. The van der Waals surface area contributed by atoms with Crippen LogP contribution < -0.4 is 0 Å². The van der Waals surface area contributed by atoms with Crippen LogP contribution in [0.1, 0.15) is 21.5 Å². The molecule has 0 spiro atoms. The second-order valence-electron chi connectivity index (χ2n) is 8.11. The van der Waals surface area contributed by atoms with Crippen LogP contribution in [0.3, 0.4) is 0 Å². The summed E-state index contributed by atoms with van der Waals surface area (Å²) in [5, 5.41) is 6.95. The van der Waals surface area contributed by atoms with Crippen LogP contribution in [0, 0.1) is 6.92 Å². The highest BCUT2D eigenvalue weighted by Gasteiger charge is 2.25. The second-order valence-corrected chi connectivity index (χ2v) is 8.11. The molecule has 2 heterocycles. The Kier molecular flexibility index (Phi) is 4.15. The lowest BCUT2D eigenvalue weighted by Crippen LogP contribution is -2.03. The molecular weight excluding hydrogens is 392 g/mol. The number of fused-ring (bicyclic) bond motifs is 4. The molecule has 0 saturated heterocycles. The smallest absolute Gasteiger partial charge is 0.195 e. The normalized spacial score (nSPS) is 11.4. The fourth-order valence-corrected chi connectivity index (χ4v) is 4.59. The van der Waals surface area contributed by atoms with Crippen molar-refractivity contribution in [3.05, 3.63) is 120 Å². The van der Waals surface area contributed by atoms with Crippen molar-refractivity contribution in [3.8, 4) is 11.1 Å². The zero-order valence-corrected chi connectivity index (χ0v) is 17.6. The maximum absolute atomic E-state index is 13.9. The van der Waals surface area contributed by atoms with Crippen LogP contribution in [0.2, 0.25) is 0 Å². The highest BCUT2D eigenvalue weighted by Crippen LogP contribution is 2.39. The van der Waals surface area contributed by atoms with Crippen LogP contribution in [-0.2, 0) is 0 Å². The Labute approximate surface area is 185 Å². The number of aromatic nitrogens is 2. The molecule has 0 fully saturated rings. The zero-order chi connectivity index (χ0) is 21.7. The van der Waals surface area contributed by atoms with Crippen LogP contribution in [0.4, 0.5) is 0 Å². The van der Waals surface area contributed by atoms with E-state index in [-0.39, 0.29) is 5.78 Å². The van der Waals surface area contributed by atoms with Crippen LogP contribution in [-0.4, -0.2) is 15.4 Å². The number of aryl methyl sites for hydroxylation is 1. The van der Waals surface area contributed by atoms with E-state index in [0.29, 0.717) is 11.1 Å². The summed E-state index contributed by atoms with van der Waals surface area (Å²) in [7, 11) is 0. The topological polar surface area (TPSA) is 34.4 Å². The quantitative estimate of drug-likeness (QED) is 0.298. The Balaban J connectivity index is 1.86. The van der Waals surface area contributed by atoms with Gasteiger partial charge in [0, 0.05) is 21.9 Å². The number of nitrogens with zero attached hydrogens (tertiary/aromatic N) is 2. The maximum Gasteiger partial charge on any atom is 0.195 e. The first kappa shape index (κ1) is 18.5. The molecule has 6 aromatic rings. The first-order chi connectivity index (χ1) is 15.7. The maximum atomic E-state index is 13.9. The van der Waals surface area contributed by atoms with Crippen LogP contribution in [0.25, 0.3) is 38.4 Å².